The normalized spacial score (nSPS) is 10.2. The Morgan fingerprint density at radius 1 is 1.62 bits per heavy atom. The van der Waals surface area contributed by atoms with Gasteiger partial charge in [0.2, 0.25) is 0 Å². The van der Waals surface area contributed by atoms with Gasteiger partial charge in [-0.25, -0.2) is 0 Å². The van der Waals surface area contributed by atoms with Crippen LogP contribution in [0.15, 0.2) is 12.2 Å². The summed E-state index contributed by atoms with van der Waals surface area (Å²) in [6.45, 7) is 3.84. The molecular formula is C7H13N. The lowest BCUT2D eigenvalue weighted by Crippen LogP contribution is -1.84. The molecule has 1 heteroatoms. The second-order valence-electron chi connectivity index (χ2n) is 1.89. The highest BCUT2D eigenvalue weighted by Crippen LogP contribution is 1.90. The van der Waals surface area contributed by atoms with Crippen molar-refractivity contribution in [2.45, 2.75) is 26.7 Å². The average molecular weight is 111 g/mol. The molecule has 46 valence electrons. The fourth-order valence-corrected chi connectivity index (χ4v) is 0.467. The molecule has 0 rings (SSSR count). The van der Waals surface area contributed by atoms with Crippen molar-refractivity contribution >= 4 is 5.71 Å². The first-order chi connectivity index (χ1) is 3.77. The van der Waals surface area contributed by atoms with Crippen molar-refractivity contribution in [3.05, 3.63) is 12.2 Å². The van der Waals surface area contributed by atoms with E-state index < -0.39 is 0 Å². The molecule has 0 heterocycles. The lowest BCUT2D eigenvalue weighted by Gasteiger charge is -1.88. The number of allylic oxidation sites excluding steroid dienone is 2. The van der Waals surface area contributed by atoms with Crippen LogP contribution in [0.3, 0.4) is 0 Å². The van der Waals surface area contributed by atoms with E-state index in [1.807, 2.05) is 19.9 Å². The summed E-state index contributed by atoms with van der Waals surface area (Å²) in [7, 11) is 0. The standard InChI is InChI=1S/C7H13N/c1-3-4-5-6-7(2)8/h3-4,8H,5-6H2,1-2H3/b4-3-,8-7?. The van der Waals surface area contributed by atoms with Crippen molar-refractivity contribution < 1.29 is 0 Å². The molecule has 0 amide bonds. The van der Waals surface area contributed by atoms with Gasteiger partial charge in [-0.2, -0.15) is 0 Å². The highest BCUT2D eigenvalue weighted by molar-refractivity contribution is 5.78. The fourth-order valence-electron chi connectivity index (χ4n) is 0.467. The number of rotatable bonds is 3. The molecular weight excluding hydrogens is 98.1 g/mol. The highest BCUT2D eigenvalue weighted by atomic mass is 14.4. The maximum atomic E-state index is 7.04. The molecule has 0 spiro atoms. The smallest absolute Gasteiger partial charge is 0.00613 e. The number of hydrogen-bond acceptors (Lipinski definition) is 1. The maximum Gasteiger partial charge on any atom is 0.00613 e. The molecule has 1 N–H and O–H groups in total. The molecule has 1 nitrogen and oxygen atoms in total. The Morgan fingerprint density at radius 2 is 2.25 bits per heavy atom. The zero-order chi connectivity index (χ0) is 6.41. The first kappa shape index (κ1) is 7.41. The van der Waals surface area contributed by atoms with Crippen LogP contribution in [-0.4, -0.2) is 5.71 Å². The minimum absolute atomic E-state index is 0.767. The van der Waals surface area contributed by atoms with E-state index in [2.05, 4.69) is 6.08 Å². The van der Waals surface area contributed by atoms with E-state index in [4.69, 9.17) is 5.41 Å². The minimum atomic E-state index is 0.767. The van der Waals surface area contributed by atoms with Crippen LogP contribution in [-0.2, 0) is 0 Å². The van der Waals surface area contributed by atoms with Crippen LogP contribution in [0.25, 0.3) is 0 Å². The average Bonchev–Trinajstić information content (AvgIpc) is 1.66. The van der Waals surface area contributed by atoms with Gasteiger partial charge in [-0.05, 0) is 26.7 Å². The van der Waals surface area contributed by atoms with Gasteiger partial charge in [0.15, 0.2) is 0 Å². The Kier molecular flexibility index (Phi) is 4.23. The first-order valence-corrected chi connectivity index (χ1v) is 2.92. The monoisotopic (exact) mass is 111 g/mol. The van der Waals surface area contributed by atoms with Crippen molar-refractivity contribution in [2.75, 3.05) is 0 Å². The zero-order valence-electron chi connectivity index (χ0n) is 5.57. The highest BCUT2D eigenvalue weighted by Gasteiger charge is 1.81. The van der Waals surface area contributed by atoms with Crippen molar-refractivity contribution in [3.63, 3.8) is 0 Å². The molecule has 0 radical (unpaired) electrons. The minimum Gasteiger partial charge on any atom is -0.310 e. The van der Waals surface area contributed by atoms with Gasteiger partial charge in [-0.1, -0.05) is 12.2 Å². The Bertz CT molecular complexity index is 92.6. The third kappa shape index (κ3) is 5.41. The van der Waals surface area contributed by atoms with Crippen molar-refractivity contribution in [2.24, 2.45) is 0 Å². The Hall–Kier alpha value is -0.590. The molecule has 0 aromatic heterocycles. The Balaban J connectivity index is 3.05. The van der Waals surface area contributed by atoms with Crippen LogP contribution in [0.2, 0.25) is 0 Å². The molecule has 0 atom stereocenters. The van der Waals surface area contributed by atoms with Crippen LogP contribution in [0.1, 0.15) is 26.7 Å². The Morgan fingerprint density at radius 3 is 2.62 bits per heavy atom. The van der Waals surface area contributed by atoms with Crippen molar-refractivity contribution in [3.8, 4) is 0 Å². The van der Waals surface area contributed by atoms with Gasteiger partial charge < -0.3 is 5.41 Å². The third-order valence-electron chi connectivity index (χ3n) is 0.922. The topological polar surface area (TPSA) is 23.9 Å². The van der Waals surface area contributed by atoms with E-state index in [1.165, 1.54) is 0 Å². The summed E-state index contributed by atoms with van der Waals surface area (Å²) in [6, 6.07) is 0. The van der Waals surface area contributed by atoms with Crippen LogP contribution >= 0.6 is 0 Å². The quantitative estimate of drug-likeness (QED) is 0.427. The van der Waals surface area contributed by atoms with E-state index in [9.17, 15) is 0 Å². The van der Waals surface area contributed by atoms with Crippen LogP contribution in [0, 0.1) is 5.41 Å². The number of nitrogens with one attached hydrogen (secondary N) is 1. The molecule has 0 aromatic carbocycles. The fraction of sp³-hybridized carbons (Fsp3) is 0.571. The van der Waals surface area contributed by atoms with Gasteiger partial charge in [-0.3, -0.25) is 0 Å². The van der Waals surface area contributed by atoms with Gasteiger partial charge in [0.25, 0.3) is 0 Å². The van der Waals surface area contributed by atoms with Crippen molar-refractivity contribution in [1.29, 1.82) is 5.41 Å². The molecule has 0 saturated carbocycles. The summed E-state index contributed by atoms with van der Waals surface area (Å²) >= 11 is 0. The molecule has 0 fully saturated rings. The zero-order valence-corrected chi connectivity index (χ0v) is 5.57. The molecule has 8 heavy (non-hydrogen) atoms. The van der Waals surface area contributed by atoms with Gasteiger partial charge in [0.1, 0.15) is 0 Å². The largest absolute Gasteiger partial charge is 0.310 e. The molecule has 0 saturated heterocycles. The molecule has 0 aromatic rings. The van der Waals surface area contributed by atoms with Crippen molar-refractivity contribution in [1.82, 2.24) is 0 Å². The predicted molar refractivity (Wildman–Crippen MR) is 37.4 cm³/mol. The second kappa shape index (κ2) is 4.57. The van der Waals surface area contributed by atoms with E-state index in [0.717, 1.165) is 18.6 Å². The Labute approximate surface area is 50.9 Å². The molecule has 0 aliphatic carbocycles. The maximum absolute atomic E-state index is 7.04. The third-order valence-corrected chi connectivity index (χ3v) is 0.922. The number of hydrogen-bond donors (Lipinski definition) is 1. The summed E-state index contributed by atoms with van der Waals surface area (Å²) in [6.07, 6.45) is 6.02. The summed E-state index contributed by atoms with van der Waals surface area (Å²) in [5, 5.41) is 7.04. The molecule has 0 bridgehead atoms. The summed E-state index contributed by atoms with van der Waals surface area (Å²) in [5.41, 5.74) is 0.767. The lowest BCUT2D eigenvalue weighted by molar-refractivity contribution is 1.07. The first-order valence-electron chi connectivity index (χ1n) is 2.92. The van der Waals surface area contributed by atoms with Crippen LogP contribution in [0.5, 0.6) is 0 Å². The molecule has 0 aliphatic rings. The van der Waals surface area contributed by atoms with Crippen LogP contribution < -0.4 is 0 Å². The summed E-state index contributed by atoms with van der Waals surface area (Å²) in [5.74, 6) is 0. The van der Waals surface area contributed by atoms with E-state index in [1.54, 1.807) is 0 Å². The van der Waals surface area contributed by atoms with E-state index in [0.29, 0.717) is 0 Å². The molecule has 0 unspecified atom stereocenters. The molecule has 0 aliphatic heterocycles. The van der Waals surface area contributed by atoms with Gasteiger partial charge in [0.05, 0.1) is 0 Å². The van der Waals surface area contributed by atoms with E-state index >= 15 is 0 Å². The SMILES string of the molecule is C/C=C\CCC(C)=N. The van der Waals surface area contributed by atoms with Gasteiger partial charge >= 0.3 is 0 Å². The predicted octanol–water partition coefficient (Wildman–Crippen LogP) is 2.38. The van der Waals surface area contributed by atoms with E-state index in [-0.39, 0.29) is 0 Å². The summed E-state index contributed by atoms with van der Waals surface area (Å²) in [4.78, 5) is 0. The van der Waals surface area contributed by atoms with Gasteiger partial charge in [0, 0.05) is 5.71 Å². The lowest BCUT2D eigenvalue weighted by atomic mass is 10.2. The van der Waals surface area contributed by atoms with Crippen LogP contribution in [0.4, 0.5) is 0 Å². The summed E-state index contributed by atoms with van der Waals surface area (Å²) < 4.78 is 0. The van der Waals surface area contributed by atoms with Gasteiger partial charge in [-0.15, -0.1) is 0 Å². The second-order valence-corrected chi connectivity index (χ2v) is 1.89.